The summed E-state index contributed by atoms with van der Waals surface area (Å²) in [5.41, 5.74) is 2.41. The van der Waals surface area contributed by atoms with Crippen LogP contribution in [-0.4, -0.2) is 17.7 Å². The van der Waals surface area contributed by atoms with Crippen LogP contribution in [0.4, 0.5) is 11.4 Å². The molecule has 0 unspecified atom stereocenters. The van der Waals surface area contributed by atoms with Crippen LogP contribution in [0, 0.1) is 24.7 Å². The lowest BCUT2D eigenvalue weighted by Gasteiger charge is -2.25. The predicted molar refractivity (Wildman–Crippen MR) is 113 cm³/mol. The van der Waals surface area contributed by atoms with E-state index in [1.165, 1.54) is 4.90 Å². The summed E-state index contributed by atoms with van der Waals surface area (Å²) in [4.78, 5) is 39.5. The Labute approximate surface area is 175 Å². The number of anilines is 2. The first-order chi connectivity index (χ1) is 13.9. The van der Waals surface area contributed by atoms with Crippen molar-refractivity contribution >= 4 is 40.7 Å². The number of halogens is 1. The van der Waals surface area contributed by atoms with Gasteiger partial charge in [0.05, 0.1) is 17.5 Å². The molecule has 1 heterocycles. The highest BCUT2D eigenvalue weighted by molar-refractivity contribution is 6.31. The van der Waals surface area contributed by atoms with E-state index in [4.69, 9.17) is 11.6 Å². The number of amides is 3. The first-order valence-corrected chi connectivity index (χ1v) is 10.3. The summed E-state index contributed by atoms with van der Waals surface area (Å²) in [6.07, 6.45) is 2.52. The topological polar surface area (TPSA) is 66.5 Å². The lowest BCUT2D eigenvalue weighted by atomic mass is 9.76. The highest BCUT2D eigenvalue weighted by Crippen LogP contribution is 2.42. The molecule has 2 fully saturated rings. The van der Waals surface area contributed by atoms with Gasteiger partial charge in [-0.2, -0.15) is 0 Å². The van der Waals surface area contributed by atoms with Gasteiger partial charge in [0.2, 0.25) is 11.8 Å². The highest BCUT2D eigenvalue weighted by atomic mass is 35.5. The van der Waals surface area contributed by atoms with Crippen LogP contribution in [0.2, 0.25) is 5.02 Å². The van der Waals surface area contributed by atoms with Crippen LogP contribution in [0.15, 0.2) is 42.5 Å². The molecule has 2 aromatic rings. The number of carbonyl (C=O) groups is 3. The van der Waals surface area contributed by atoms with Crippen LogP contribution in [0.5, 0.6) is 0 Å². The van der Waals surface area contributed by atoms with E-state index in [-0.39, 0.29) is 29.6 Å². The number of carbonyl (C=O) groups excluding carboxylic acids is 3. The van der Waals surface area contributed by atoms with Crippen LogP contribution >= 0.6 is 11.6 Å². The molecule has 29 heavy (non-hydrogen) atoms. The Balaban J connectivity index is 1.52. The Hall–Kier alpha value is -2.66. The van der Waals surface area contributed by atoms with Crippen LogP contribution in [-0.2, 0) is 9.59 Å². The largest absolute Gasteiger partial charge is 0.322 e. The number of nitrogens with zero attached hydrogens (tertiary/aromatic N) is 1. The number of hydrogen-bond acceptors (Lipinski definition) is 3. The van der Waals surface area contributed by atoms with Crippen molar-refractivity contribution in [1.29, 1.82) is 0 Å². The fourth-order valence-electron chi connectivity index (χ4n) is 4.34. The zero-order valence-electron chi connectivity index (χ0n) is 16.4. The van der Waals surface area contributed by atoms with Gasteiger partial charge in [-0.25, -0.2) is 0 Å². The molecule has 2 aromatic carbocycles. The van der Waals surface area contributed by atoms with Crippen molar-refractivity contribution in [2.45, 2.75) is 33.1 Å². The Kier molecular flexibility index (Phi) is 5.17. The zero-order valence-corrected chi connectivity index (χ0v) is 17.2. The van der Waals surface area contributed by atoms with Crippen molar-refractivity contribution in [2.24, 2.45) is 17.8 Å². The van der Waals surface area contributed by atoms with Gasteiger partial charge in [-0.05, 0) is 74.1 Å². The van der Waals surface area contributed by atoms with Gasteiger partial charge in [-0.15, -0.1) is 0 Å². The average Bonchev–Trinajstić information content (AvgIpc) is 2.95. The number of hydrogen-bond donors (Lipinski definition) is 1. The molecule has 1 aliphatic carbocycles. The smallest absolute Gasteiger partial charge is 0.255 e. The lowest BCUT2D eigenvalue weighted by Crippen LogP contribution is -2.30. The van der Waals surface area contributed by atoms with Gasteiger partial charge >= 0.3 is 0 Å². The maximum atomic E-state index is 12.8. The molecule has 3 amide bonds. The van der Waals surface area contributed by atoms with Crippen molar-refractivity contribution in [3.8, 4) is 0 Å². The van der Waals surface area contributed by atoms with Gasteiger partial charge in [0.25, 0.3) is 5.91 Å². The summed E-state index contributed by atoms with van der Waals surface area (Å²) in [7, 11) is 0. The Morgan fingerprint density at radius 2 is 1.72 bits per heavy atom. The summed E-state index contributed by atoms with van der Waals surface area (Å²) < 4.78 is 0. The minimum absolute atomic E-state index is 0.112. The van der Waals surface area contributed by atoms with Gasteiger partial charge in [0.15, 0.2) is 0 Å². The second kappa shape index (κ2) is 7.64. The molecule has 150 valence electrons. The normalized spacial score (nSPS) is 23.8. The monoisotopic (exact) mass is 410 g/mol. The molecule has 3 atom stereocenters. The third-order valence-electron chi connectivity index (χ3n) is 6.09. The molecule has 4 rings (SSSR count). The Morgan fingerprint density at radius 3 is 2.45 bits per heavy atom. The van der Waals surface area contributed by atoms with Gasteiger partial charge in [-0.3, -0.25) is 19.3 Å². The fourth-order valence-corrected chi connectivity index (χ4v) is 4.52. The van der Waals surface area contributed by atoms with Gasteiger partial charge in [0.1, 0.15) is 0 Å². The molecule has 2 aliphatic rings. The van der Waals surface area contributed by atoms with Gasteiger partial charge in [-0.1, -0.05) is 24.6 Å². The molecule has 6 heteroatoms. The van der Waals surface area contributed by atoms with E-state index in [1.54, 1.807) is 42.5 Å². The summed E-state index contributed by atoms with van der Waals surface area (Å²) >= 11 is 6.10. The van der Waals surface area contributed by atoms with Crippen molar-refractivity contribution < 1.29 is 14.4 Å². The summed E-state index contributed by atoms with van der Waals surface area (Å²) in [5, 5.41) is 3.43. The summed E-state index contributed by atoms with van der Waals surface area (Å²) in [5.74, 6) is -0.443. The summed E-state index contributed by atoms with van der Waals surface area (Å²) in [6.45, 7) is 3.97. The Morgan fingerprint density at radius 1 is 1.03 bits per heavy atom. The van der Waals surface area contributed by atoms with Crippen molar-refractivity contribution in [1.82, 2.24) is 0 Å². The quantitative estimate of drug-likeness (QED) is 0.737. The standard InChI is InChI=1S/C23H23ClN2O3/c1-13-6-11-17-18(12-13)23(29)26(22(17)28)16-9-7-15(8-10-16)21(27)25-20-5-3-4-19(24)14(20)2/h3-5,7-10,13,17-18H,6,11-12H2,1-2H3,(H,25,27)/t13-,17+,18+/m0/s1. The molecule has 0 spiro atoms. The van der Waals surface area contributed by atoms with Crippen molar-refractivity contribution in [3.63, 3.8) is 0 Å². The number of nitrogens with one attached hydrogen (secondary N) is 1. The van der Waals surface area contributed by atoms with Crippen LogP contribution < -0.4 is 10.2 Å². The Bertz CT molecular complexity index is 986. The average molecular weight is 411 g/mol. The van der Waals surface area contributed by atoms with E-state index < -0.39 is 0 Å². The molecular formula is C23H23ClN2O3. The summed E-state index contributed by atoms with van der Waals surface area (Å²) in [6, 6.07) is 11.9. The minimum Gasteiger partial charge on any atom is -0.322 e. The second-order valence-electron chi connectivity index (χ2n) is 8.06. The molecule has 0 bridgehead atoms. The third kappa shape index (κ3) is 3.55. The van der Waals surface area contributed by atoms with E-state index in [1.807, 2.05) is 6.92 Å². The van der Waals surface area contributed by atoms with E-state index >= 15 is 0 Å². The zero-order chi connectivity index (χ0) is 20.7. The maximum Gasteiger partial charge on any atom is 0.255 e. The van der Waals surface area contributed by atoms with E-state index in [9.17, 15) is 14.4 Å². The molecule has 1 N–H and O–H groups in total. The molecule has 5 nitrogen and oxygen atoms in total. The number of imide groups is 1. The van der Waals surface area contributed by atoms with Gasteiger partial charge < -0.3 is 5.32 Å². The van der Waals surface area contributed by atoms with E-state index in [2.05, 4.69) is 12.2 Å². The molecule has 0 aromatic heterocycles. The van der Waals surface area contributed by atoms with Crippen molar-refractivity contribution in [2.75, 3.05) is 10.2 Å². The number of rotatable bonds is 3. The molecular weight excluding hydrogens is 388 g/mol. The van der Waals surface area contributed by atoms with Crippen LogP contribution in [0.25, 0.3) is 0 Å². The number of benzene rings is 2. The SMILES string of the molecule is Cc1c(Cl)cccc1NC(=O)c1ccc(N2C(=O)[C@@H]3CC[C@H](C)C[C@H]3C2=O)cc1. The lowest BCUT2D eigenvalue weighted by molar-refractivity contribution is -0.122. The minimum atomic E-state index is -0.275. The van der Waals surface area contributed by atoms with Crippen LogP contribution in [0.1, 0.15) is 42.1 Å². The first kappa shape index (κ1) is 19.6. The van der Waals surface area contributed by atoms with Gasteiger partial charge in [0, 0.05) is 16.3 Å². The van der Waals surface area contributed by atoms with Crippen molar-refractivity contribution in [3.05, 3.63) is 58.6 Å². The second-order valence-corrected chi connectivity index (χ2v) is 8.46. The first-order valence-electron chi connectivity index (χ1n) is 9.91. The molecule has 1 aliphatic heterocycles. The third-order valence-corrected chi connectivity index (χ3v) is 6.50. The van der Waals surface area contributed by atoms with E-state index in [0.717, 1.165) is 24.8 Å². The van der Waals surface area contributed by atoms with Crippen LogP contribution in [0.3, 0.4) is 0 Å². The molecule has 1 saturated heterocycles. The fraction of sp³-hybridized carbons (Fsp3) is 0.348. The van der Waals surface area contributed by atoms with E-state index in [0.29, 0.717) is 27.9 Å². The maximum absolute atomic E-state index is 12.8. The number of fused-ring (bicyclic) bond motifs is 1. The molecule has 0 radical (unpaired) electrons. The predicted octanol–water partition coefficient (Wildman–Crippen LogP) is 4.83. The molecule has 1 saturated carbocycles. The highest BCUT2D eigenvalue weighted by Gasteiger charge is 2.49.